The van der Waals surface area contributed by atoms with Gasteiger partial charge >= 0.3 is 0 Å². The van der Waals surface area contributed by atoms with E-state index >= 15 is 0 Å². The van der Waals surface area contributed by atoms with Crippen LogP contribution in [0, 0.1) is 20.8 Å². The lowest BCUT2D eigenvalue weighted by Crippen LogP contribution is -2.38. The maximum atomic E-state index is 5.95. The standard InChI is InChI=1S/C20H26N4OS/c1-5-21-20(22-11-10-19-14(3)24-15(4)26-19)23-12-18-13(2)16-8-6-7-9-17(16)25-18/h6-9H,5,10-12H2,1-4H3,(H2,21,22,23). The quantitative estimate of drug-likeness (QED) is 0.506. The van der Waals surface area contributed by atoms with Crippen molar-refractivity contribution in [3.63, 3.8) is 0 Å². The zero-order chi connectivity index (χ0) is 18.5. The fourth-order valence-electron chi connectivity index (χ4n) is 2.97. The highest BCUT2D eigenvalue weighted by molar-refractivity contribution is 7.11. The van der Waals surface area contributed by atoms with Gasteiger partial charge in [-0.1, -0.05) is 18.2 Å². The number of hydrogen-bond donors (Lipinski definition) is 2. The van der Waals surface area contributed by atoms with E-state index in [1.807, 2.05) is 18.2 Å². The molecule has 0 aliphatic rings. The van der Waals surface area contributed by atoms with Gasteiger partial charge in [-0.3, -0.25) is 0 Å². The van der Waals surface area contributed by atoms with Crippen LogP contribution in [0.1, 0.15) is 33.8 Å². The van der Waals surface area contributed by atoms with Gasteiger partial charge < -0.3 is 15.1 Å². The van der Waals surface area contributed by atoms with Crippen LogP contribution in [-0.2, 0) is 13.0 Å². The Bertz CT molecular complexity index is 910. The fraction of sp³-hybridized carbons (Fsp3) is 0.400. The molecule has 3 aromatic rings. The molecule has 5 nitrogen and oxygen atoms in total. The lowest BCUT2D eigenvalue weighted by molar-refractivity contribution is 0.548. The van der Waals surface area contributed by atoms with E-state index < -0.39 is 0 Å². The number of nitrogens with zero attached hydrogens (tertiary/aromatic N) is 2. The van der Waals surface area contributed by atoms with Crippen molar-refractivity contribution >= 4 is 28.3 Å². The molecule has 0 radical (unpaired) electrons. The number of fused-ring (bicyclic) bond motifs is 1. The molecule has 0 saturated heterocycles. The molecule has 3 rings (SSSR count). The molecule has 0 aliphatic carbocycles. The van der Waals surface area contributed by atoms with Crippen LogP contribution in [0.5, 0.6) is 0 Å². The predicted molar refractivity (Wildman–Crippen MR) is 109 cm³/mol. The largest absolute Gasteiger partial charge is 0.459 e. The van der Waals surface area contributed by atoms with Gasteiger partial charge in [0, 0.05) is 35.3 Å². The maximum absolute atomic E-state index is 5.95. The van der Waals surface area contributed by atoms with Crippen molar-refractivity contribution in [3.05, 3.63) is 51.2 Å². The van der Waals surface area contributed by atoms with Crippen LogP contribution in [0.3, 0.4) is 0 Å². The first kappa shape index (κ1) is 18.5. The van der Waals surface area contributed by atoms with Crippen molar-refractivity contribution in [2.24, 2.45) is 4.99 Å². The first-order valence-corrected chi connectivity index (χ1v) is 9.82. The Kier molecular flexibility index (Phi) is 5.93. The molecule has 0 saturated carbocycles. The third-order valence-corrected chi connectivity index (χ3v) is 5.44. The van der Waals surface area contributed by atoms with Crippen LogP contribution < -0.4 is 10.6 Å². The molecule has 0 bridgehead atoms. The third kappa shape index (κ3) is 4.25. The molecule has 0 fully saturated rings. The molecule has 0 spiro atoms. The van der Waals surface area contributed by atoms with Crippen LogP contribution in [0.25, 0.3) is 11.0 Å². The van der Waals surface area contributed by atoms with Gasteiger partial charge in [-0.05, 0) is 33.8 Å². The summed E-state index contributed by atoms with van der Waals surface area (Å²) in [7, 11) is 0. The van der Waals surface area contributed by atoms with E-state index in [1.54, 1.807) is 11.3 Å². The van der Waals surface area contributed by atoms with Gasteiger partial charge in [0.05, 0.1) is 10.7 Å². The van der Waals surface area contributed by atoms with Crippen molar-refractivity contribution < 1.29 is 4.42 Å². The summed E-state index contributed by atoms with van der Waals surface area (Å²) in [4.78, 5) is 10.5. The highest BCUT2D eigenvalue weighted by atomic mass is 32.1. The second-order valence-electron chi connectivity index (χ2n) is 6.26. The topological polar surface area (TPSA) is 62.5 Å². The Morgan fingerprint density at radius 3 is 2.69 bits per heavy atom. The van der Waals surface area contributed by atoms with Gasteiger partial charge in [0.25, 0.3) is 0 Å². The van der Waals surface area contributed by atoms with Crippen molar-refractivity contribution in [3.8, 4) is 0 Å². The molecule has 6 heteroatoms. The summed E-state index contributed by atoms with van der Waals surface area (Å²) in [6.07, 6.45) is 0.950. The number of hydrogen-bond acceptors (Lipinski definition) is 4. The molecule has 1 aromatic carbocycles. The van der Waals surface area contributed by atoms with Crippen molar-refractivity contribution in [2.45, 2.75) is 40.7 Å². The molecule has 2 N–H and O–H groups in total. The normalized spacial score (nSPS) is 11.9. The number of guanidine groups is 1. The van der Waals surface area contributed by atoms with Gasteiger partial charge in [0.1, 0.15) is 17.9 Å². The summed E-state index contributed by atoms with van der Waals surface area (Å²) in [5, 5.41) is 8.98. The van der Waals surface area contributed by atoms with E-state index in [9.17, 15) is 0 Å². The summed E-state index contributed by atoms with van der Waals surface area (Å²) >= 11 is 1.77. The highest BCUT2D eigenvalue weighted by Crippen LogP contribution is 2.25. The molecule has 0 unspecified atom stereocenters. The number of aliphatic imine (C=N–C) groups is 1. The fourth-order valence-corrected chi connectivity index (χ4v) is 3.90. The van der Waals surface area contributed by atoms with E-state index in [2.05, 4.69) is 54.4 Å². The Morgan fingerprint density at radius 2 is 2.00 bits per heavy atom. The number of benzene rings is 1. The number of aryl methyl sites for hydroxylation is 3. The number of para-hydroxylation sites is 1. The van der Waals surface area contributed by atoms with Crippen LogP contribution in [-0.4, -0.2) is 24.0 Å². The second-order valence-corrected chi connectivity index (χ2v) is 7.55. The molecular weight excluding hydrogens is 344 g/mol. The average molecular weight is 371 g/mol. The van der Waals surface area contributed by atoms with Crippen LogP contribution in [0.15, 0.2) is 33.7 Å². The molecule has 0 atom stereocenters. The van der Waals surface area contributed by atoms with Gasteiger partial charge in [0.15, 0.2) is 5.96 Å². The monoisotopic (exact) mass is 370 g/mol. The SMILES string of the molecule is CCNC(=NCc1oc2ccccc2c1C)NCCc1sc(C)nc1C. The summed E-state index contributed by atoms with van der Waals surface area (Å²) in [5.41, 5.74) is 3.22. The Hall–Kier alpha value is -2.34. The van der Waals surface area contributed by atoms with Gasteiger partial charge in [0.2, 0.25) is 0 Å². The second kappa shape index (κ2) is 8.36. The number of rotatable bonds is 6. The van der Waals surface area contributed by atoms with Crippen LogP contribution in [0.2, 0.25) is 0 Å². The first-order chi connectivity index (χ1) is 12.6. The minimum Gasteiger partial charge on any atom is -0.459 e. The molecule has 26 heavy (non-hydrogen) atoms. The molecule has 0 aliphatic heterocycles. The zero-order valence-corrected chi connectivity index (χ0v) is 16.7. The van der Waals surface area contributed by atoms with Crippen molar-refractivity contribution in [1.29, 1.82) is 0 Å². The molecule has 2 heterocycles. The average Bonchev–Trinajstić information content (AvgIpc) is 3.12. The Morgan fingerprint density at radius 1 is 1.19 bits per heavy atom. The highest BCUT2D eigenvalue weighted by Gasteiger charge is 2.10. The van der Waals surface area contributed by atoms with Gasteiger partial charge in [-0.2, -0.15) is 0 Å². The lowest BCUT2D eigenvalue weighted by atomic mass is 10.1. The van der Waals surface area contributed by atoms with E-state index in [0.717, 1.165) is 58.5 Å². The summed E-state index contributed by atoms with van der Waals surface area (Å²) in [5.74, 6) is 1.73. The number of nitrogens with one attached hydrogen (secondary N) is 2. The molecule has 138 valence electrons. The van der Waals surface area contributed by atoms with E-state index in [1.165, 1.54) is 4.88 Å². The first-order valence-electron chi connectivity index (χ1n) is 9.00. The lowest BCUT2D eigenvalue weighted by Gasteiger charge is -2.10. The molecular formula is C20H26N4OS. The Labute approximate surface area is 158 Å². The van der Waals surface area contributed by atoms with E-state index in [0.29, 0.717) is 6.54 Å². The van der Waals surface area contributed by atoms with Gasteiger partial charge in [-0.15, -0.1) is 11.3 Å². The van der Waals surface area contributed by atoms with E-state index in [4.69, 9.17) is 4.42 Å². The minimum atomic E-state index is 0.522. The molecule has 0 amide bonds. The number of furan rings is 1. The smallest absolute Gasteiger partial charge is 0.191 e. The maximum Gasteiger partial charge on any atom is 0.191 e. The van der Waals surface area contributed by atoms with E-state index in [-0.39, 0.29) is 0 Å². The van der Waals surface area contributed by atoms with Crippen LogP contribution >= 0.6 is 11.3 Å². The third-order valence-electron chi connectivity index (χ3n) is 4.31. The minimum absolute atomic E-state index is 0.522. The van der Waals surface area contributed by atoms with Crippen molar-refractivity contribution in [1.82, 2.24) is 15.6 Å². The number of aromatic nitrogens is 1. The summed E-state index contributed by atoms with van der Waals surface area (Å²) in [6, 6.07) is 8.11. The summed E-state index contributed by atoms with van der Waals surface area (Å²) < 4.78 is 5.95. The van der Waals surface area contributed by atoms with Crippen LogP contribution in [0.4, 0.5) is 0 Å². The Balaban J connectivity index is 1.64. The zero-order valence-electron chi connectivity index (χ0n) is 15.8. The number of thiazole rings is 1. The predicted octanol–water partition coefficient (Wildman–Crippen LogP) is 4.11. The van der Waals surface area contributed by atoms with Gasteiger partial charge in [-0.25, -0.2) is 9.98 Å². The molecule has 2 aromatic heterocycles. The van der Waals surface area contributed by atoms with Crippen molar-refractivity contribution in [2.75, 3.05) is 13.1 Å². The summed E-state index contributed by atoms with van der Waals surface area (Å²) in [6.45, 7) is 10.5.